The van der Waals surface area contributed by atoms with Crippen LogP contribution < -0.4 is 5.32 Å². The van der Waals surface area contributed by atoms with Gasteiger partial charge in [-0.05, 0) is 64.0 Å². The van der Waals surface area contributed by atoms with Crippen molar-refractivity contribution in [2.24, 2.45) is 5.41 Å². The number of hydrogen-bond donors (Lipinski definition) is 3. The van der Waals surface area contributed by atoms with Crippen LogP contribution >= 0.6 is 15.9 Å². The fourth-order valence-electron chi connectivity index (χ4n) is 5.82. The van der Waals surface area contributed by atoms with Gasteiger partial charge in [0, 0.05) is 42.7 Å². The third kappa shape index (κ3) is 4.67. The number of carbonyl (C=O) groups excluding carboxylic acids is 3. The average molecular weight is 634 g/mol. The fraction of sp³-hybridized carbons (Fsp3) is 0.345. The van der Waals surface area contributed by atoms with E-state index in [1.165, 1.54) is 16.5 Å². The van der Waals surface area contributed by atoms with Gasteiger partial charge in [0.1, 0.15) is 29.3 Å². The number of carbonyl (C=O) groups is 3. The number of likely N-dealkylation sites (tertiary alicyclic amines) is 1. The van der Waals surface area contributed by atoms with Gasteiger partial charge in [-0.3, -0.25) is 19.1 Å². The summed E-state index contributed by atoms with van der Waals surface area (Å²) in [4.78, 5) is 53.7. The quantitative estimate of drug-likeness (QED) is 0.205. The predicted octanol–water partition coefficient (Wildman–Crippen LogP) is 2.99. The second-order valence-corrected chi connectivity index (χ2v) is 12.0. The number of Topliss-reactive ketones (excluding diaryl/α,β-unsaturated/α-hetero) is 1. The number of piperidine rings is 1. The first-order valence-electron chi connectivity index (χ1n) is 13.4. The fourth-order valence-corrected chi connectivity index (χ4v) is 6.13. The number of aromatic nitrogens is 5. The number of halogens is 1. The number of amides is 2. The molecule has 1 aromatic carbocycles. The molecule has 3 aromatic heterocycles. The molecule has 4 aromatic rings. The van der Waals surface area contributed by atoms with Gasteiger partial charge in [-0.1, -0.05) is 19.1 Å². The van der Waals surface area contributed by atoms with E-state index in [1.807, 2.05) is 6.92 Å². The molecule has 216 valence electrons. The van der Waals surface area contributed by atoms with Gasteiger partial charge in [0.15, 0.2) is 11.6 Å². The third-order valence-corrected chi connectivity index (χ3v) is 8.58. The molecule has 1 aliphatic heterocycles. The Morgan fingerprint density at radius 1 is 1.14 bits per heavy atom. The second kappa shape index (κ2) is 10.0. The smallest absolute Gasteiger partial charge is 0.278 e. The highest BCUT2D eigenvalue weighted by Crippen LogP contribution is 2.62. The van der Waals surface area contributed by atoms with Gasteiger partial charge in [0.2, 0.25) is 11.6 Å². The minimum absolute atomic E-state index is 0.0916. The lowest BCUT2D eigenvalue weighted by atomic mass is 9.98. The highest BCUT2D eigenvalue weighted by atomic mass is 79.9. The van der Waals surface area contributed by atoms with Crippen molar-refractivity contribution in [2.45, 2.75) is 58.5 Å². The van der Waals surface area contributed by atoms with Crippen molar-refractivity contribution in [1.82, 2.24) is 29.6 Å². The van der Waals surface area contributed by atoms with Crippen molar-refractivity contribution in [3.8, 4) is 11.1 Å². The first-order chi connectivity index (χ1) is 19.9. The van der Waals surface area contributed by atoms with Crippen LogP contribution in [0.3, 0.4) is 0 Å². The number of anilines is 1. The van der Waals surface area contributed by atoms with Gasteiger partial charge < -0.3 is 20.4 Å². The Labute approximate surface area is 248 Å². The molecule has 2 amide bonds. The number of rotatable bonds is 7. The lowest BCUT2D eigenvalue weighted by molar-refractivity contribution is -0.168. The number of aryl methyl sites for hydroxylation is 1. The number of fused-ring (bicyclic) bond motifs is 2. The molecule has 12 nitrogen and oxygen atoms in total. The Kier molecular flexibility index (Phi) is 6.71. The Morgan fingerprint density at radius 2 is 1.88 bits per heavy atom. The van der Waals surface area contributed by atoms with Crippen LogP contribution in [-0.2, 0) is 22.7 Å². The first-order valence-corrected chi connectivity index (χ1v) is 14.2. The predicted molar refractivity (Wildman–Crippen MR) is 155 cm³/mol. The largest absolute Gasteiger partial charge is 0.388 e. The Hall–Kier alpha value is -4.07. The van der Waals surface area contributed by atoms with Crippen LogP contribution in [0.2, 0.25) is 0 Å². The maximum Gasteiger partial charge on any atom is 0.278 e. The van der Waals surface area contributed by atoms with E-state index >= 15 is 0 Å². The summed E-state index contributed by atoms with van der Waals surface area (Å²) in [6.07, 6.45) is 3.92. The molecule has 13 heteroatoms. The molecule has 0 spiro atoms. The molecule has 3 atom stereocenters. The number of nitrogens with one attached hydrogen (secondary N) is 1. The van der Waals surface area contributed by atoms with Gasteiger partial charge in [-0.2, -0.15) is 5.10 Å². The Balaban J connectivity index is 1.31. The summed E-state index contributed by atoms with van der Waals surface area (Å²) < 4.78 is 1.95. The molecule has 1 saturated carbocycles. The number of aliphatic hydroxyl groups excluding tert-OH is 1. The molecular formula is C29H28BrN7O5. The summed E-state index contributed by atoms with van der Waals surface area (Å²) in [6, 6.07) is 8.56. The molecule has 1 saturated heterocycles. The van der Waals surface area contributed by atoms with E-state index in [9.17, 15) is 24.6 Å². The molecule has 6 rings (SSSR count). The van der Waals surface area contributed by atoms with Crippen LogP contribution in [0, 0.1) is 12.3 Å². The van der Waals surface area contributed by atoms with Gasteiger partial charge in [0.05, 0.1) is 5.52 Å². The van der Waals surface area contributed by atoms with E-state index < -0.39 is 17.5 Å². The van der Waals surface area contributed by atoms with E-state index in [0.717, 1.165) is 5.56 Å². The minimum atomic E-state index is -2.08. The average Bonchev–Trinajstić information content (AvgIpc) is 3.34. The minimum Gasteiger partial charge on any atom is -0.388 e. The zero-order chi connectivity index (χ0) is 30.0. The standard InChI is InChI=1S/C29H28BrN7O5/c1-15-4-7-22(30)33-26(15)34-27(41)29(42)14-28(3)9-21(28)37(29)24(40)12-36-20-6-5-17(8-19(20)25(35-36)16(2)39)18-10-31-23(13-38)32-11-18/h4-8,10-11,21,38,42H,9,12-14H2,1-3H3,(H,33,34,41)/t21-,28-,29-/m1/s1. The van der Waals surface area contributed by atoms with Crippen LogP contribution in [0.15, 0.2) is 47.3 Å². The van der Waals surface area contributed by atoms with E-state index in [0.29, 0.717) is 38.9 Å². The van der Waals surface area contributed by atoms with Crippen molar-refractivity contribution in [3.05, 3.63) is 64.4 Å². The van der Waals surface area contributed by atoms with Crippen LogP contribution in [0.25, 0.3) is 22.0 Å². The zero-order valence-electron chi connectivity index (χ0n) is 23.1. The Morgan fingerprint density at radius 3 is 2.57 bits per heavy atom. The number of benzene rings is 1. The molecule has 0 radical (unpaired) electrons. The molecule has 1 aliphatic carbocycles. The number of pyridine rings is 1. The van der Waals surface area contributed by atoms with E-state index in [4.69, 9.17) is 0 Å². The van der Waals surface area contributed by atoms with E-state index in [2.05, 4.69) is 41.3 Å². The summed E-state index contributed by atoms with van der Waals surface area (Å²) in [6.45, 7) is 4.57. The summed E-state index contributed by atoms with van der Waals surface area (Å²) in [5, 5.41) is 28.6. The van der Waals surface area contributed by atoms with Crippen LogP contribution in [0.4, 0.5) is 5.82 Å². The Bertz CT molecular complexity index is 1770. The molecular weight excluding hydrogens is 606 g/mol. The van der Waals surface area contributed by atoms with Crippen molar-refractivity contribution in [2.75, 3.05) is 5.32 Å². The summed E-state index contributed by atoms with van der Waals surface area (Å²) in [5.41, 5.74) is 0.392. The SMILES string of the molecule is CC(=O)c1nn(CC(=O)N2[C@@H]3C[C@]3(C)C[C@@]2(O)C(=O)Nc2nc(Br)ccc2C)c2ccc(-c3cnc(CO)nc3)cc12. The zero-order valence-corrected chi connectivity index (χ0v) is 24.7. The monoisotopic (exact) mass is 633 g/mol. The summed E-state index contributed by atoms with van der Waals surface area (Å²) >= 11 is 3.30. The number of nitrogens with zero attached hydrogens (tertiary/aromatic N) is 6. The molecule has 0 bridgehead atoms. The van der Waals surface area contributed by atoms with E-state index in [-0.39, 0.29) is 48.3 Å². The number of ketones is 1. The molecule has 4 heterocycles. The maximum absolute atomic E-state index is 13.8. The maximum atomic E-state index is 13.8. The first kappa shape index (κ1) is 28.1. The molecule has 3 N–H and O–H groups in total. The van der Waals surface area contributed by atoms with Crippen LogP contribution in [0.1, 0.15) is 48.6 Å². The highest BCUT2D eigenvalue weighted by molar-refractivity contribution is 9.10. The molecule has 2 aliphatic rings. The lowest BCUT2D eigenvalue weighted by Gasteiger charge is -2.35. The normalized spacial score (nSPS) is 22.7. The van der Waals surface area contributed by atoms with Crippen molar-refractivity contribution >= 4 is 50.2 Å². The van der Waals surface area contributed by atoms with Crippen molar-refractivity contribution in [3.63, 3.8) is 0 Å². The molecule has 2 fully saturated rings. The third-order valence-electron chi connectivity index (χ3n) is 8.14. The number of aliphatic hydroxyl groups is 2. The number of hydrogen-bond acceptors (Lipinski definition) is 9. The van der Waals surface area contributed by atoms with Crippen LogP contribution in [-0.4, -0.2) is 69.2 Å². The van der Waals surface area contributed by atoms with E-state index in [1.54, 1.807) is 49.6 Å². The summed E-state index contributed by atoms with van der Waals surface area (Å²) in [5.74, 6) is -0.918. The molecule has 0 unspecified atom stereocenters. The van der Waals surface area contributed by atoms with Crippen LogP contribution in [0.5, 0.6) is 0 Å². The summed E-state index contributed by atoms with van der Waals surface area (Å²) in [7, 11) is 0. The molecule has 42 heavy (non-hydrogen) atoms. The van der Waals surface area contributed by atoms with Gasteiger partial charge in [0.25, 0.3) is 5.91 Å². The highest BCUT2D eigenvalue weighted by Gasteiger charge is 2.71. The van der Waals surface area contributed by atoms with Crippen molar-refractivity contribution < 1.29 is 24.6 Å². The topological polar surface area (TPSA) is 163 Å². The van der Waals surface area contributed by atoms with Gasteiger partial charge >= 0.3 is 0 Å². The lowest BCUT2D eigenvalue weighted by Crippen LogP contribution is -2.58. The van der Waals surface area contributed by atoms with Gasteiger partial charge in [-0.25, -0.2) is 15.0 Å². The van der Waals surface area contributed by atoms with Gasteiger partial charge in [-0.15, -0.1) is 0 Å². The second-order valence-electron chi connectivity index (χ2n) is 11.2. The van der Waals surface area contributed by atoms with Crippen molar-refractivity contribution in [1.29, 1.82) is 0 Å².